The van der Waals surface area contributed by atoms with Crippen LogP contribution in [0.5, 0.6) is 0 Å². The molecule has 74 valence electrons. The van der Waals surface area contributed by atoms with Gasteiger partial charge in [0.05, 0.1) is 0 Å². The summed E-state index contributed by atoms with van der Waals surface area (Å²) in [7, 11) is 0.982. The Kier molecular flexibility index (Phi) is 12.8. The first-order valence-electron chi connectivity index (χ1n) is 5.25. The molecule has 0 N–H and O–H groups in total. The van der Waals surface area contributed by atoms with E-state index in [1.165, 1.54) is 57.5 Å². The van der Waals surface area contributed by atoms with Crippen LogP contribution in [0.25, 0.3) is 0 Å². The van der Waals surface area contributed by atoms with Gasteiger partial charge in [-0.15, -0.1) is 0 Å². The Morgan fingerprint density at radius 1 is 0.833 bits per heavy atom. The molecule has 0 spiro atoms. The van der Waals surface area contributed by atoms with Crippen LogP contribution >= 0.6 is 22.8 Å². The molecule has 0 aliphatic heterocycles. The van der Waals surface area contributed by atoms with E-state index in [2.05, 4.69) is 22.4 Å². The van der Waals surface area contributed by atoms with Gasteiger partial charge in [-0.05, 0) is 12.6 Å². The van der Waals surface area contributed by atoms with Crippen molar-refractivity contribution in [2.24, 2.45) is 0 Å². The quantitative estimate of drug-likeness (QED) is 0.395. The molecular weight excluding hydrogens is 231 g/mol. The summed E-state index contributed by atoms with van der Waals surface area (Å²) < 4.78 is 0. The van der Waals surface area contributed by atoms with Crippen molar-refractivity contribution in [3.8, 4) is 0 Å². The van der Waals surface area contributed by atoms with E-state index in [1.807, 2.05) is 0 Å². The van der Waals surface area contributed by atoms with Crippen LogP contribution in [0.2, 0.25) is 0 Å². The van der Waals surface area contributed by atoms with Crippen LogP contribution in [0.1, 0.15) is 58.3 Å². The summed E-state index contributed by atoms with van der Waals surface area (Å²) in [5, 5.41) is 0. The second kappa shape index (κ2) is 11.9. The molecule has 0 fully saturated rings. The summed E-state index contributed by atoms with van der Waals surface area (Å²) in [6, 6.07) is 0. The van der Waals surface area contributed by atoms with Crippen molar-refractivity contribution in [3.63, 3.8) is 0 Å². The largest absolute Gasteiger partial charge is 0.0654 e. The Morgan fingerprint density at radius 2 is 1.33 bits per heavy atom. The van der Waals surface area contributed by atoms with E-state index in [0.717, 1.165) is 7.28 Å². The van der Waals surface area contributed by atoms with Crippen molar-refractivity contribution in [2.45, 2.75) is 58.3 Å². The van der Waals surface area contributed by atoms with E-state index >= 15 is 0 Å². The predicted molar refractivity (Wildman–Crippen MR) is 64.7 cm³/mol. The molecule has 0 saturated carbocycles. The van der Waals surface area contributed by atoms with Crippen molar-refractivity contribution >= 4 is 22.8 Å². The maximum Gasteiger partial charge on any atom is -0.0255 e. The summed E-state index contributed by atoms with van der Waals surface area (Å²) in [6.45, 7) is 2.27. The number of halogens is 1. The maximum atomic E-state index is 3.48. The Morgan fingerprint density at radius 3 is 1.83 bits per heavy atom. The van der Waals surface area contributed by atoms with Gasteiger partial charge in [-0.25, -0.2) is 0 Å². The molecule has 0 rings (SSSR count). The van der Waals surface area contributed by atoms with E-state index in [0.29, 0.717) is 0 Å². The lowest BCUT2D eigenvalue weighted by atomic mass is 10.1. The molecule has 0 radical (unpaired) electrons. The monoisotopic (exact) mass is 252 g/mol. The first kappa shape index (κ1) is 12.9. The zero-order valence-corrected chi connectivity index (χ0v) is 10.8. The van der Waals surface area contributed by atoms with E-state index in [9.17, 15) is 0 Å². The summed E-state index contributed by atoms with van der Waals surface area (Å²) in [4.78, 5) is 0. The zero-order chi connectivity index (χ0) is 9.07. The van der Waals surface area contributed by atoms with Crippen LogP contribution in [-0.4, -0.2) is 6.16 Å². The maximum absolute atomic E-state index is 3.48. The van der Waals surface area contributed by atoms with Crippen LogP contribution in [0, 0.1) is 0 Å². The van der Waals surface area contributed by atoms with Crippen molar-refractivity contribution in [3.05, 3.63) is 0 Å². The van der Waals surface area contributed by atoms with Crippen LogP contribution in [0.15, 0.2) is 0 Å². The number of hydrogen-bond acceptors (Lipinski definition) is 0. The summed E-state index contributed by atoms with van der Waals surface area (Å²) in [5.41, 5.74) is 0. The molecule has 0 aromatic carbocycles. The Hall–Kier alpha value is 0.910. The minimum absolute atomic E-state index is 0.982. The van der Waals surface area contributed by atoms with Gasteiger partial charge in [0.2, 0.25) is 0 Å². The summed E-state index contributed by atoms with van der Waals surface area (Å²) in [5.74, 6) is 0. The zero-order valence-electron chi connectivity index (χ0n) is 8.24. The van der Waals surface area contributed by atoms with E-state index in [-0.39, 0.29) is 0 Å². The lowest BCUT2D eigenvalue weighted by Gasteiger charge is -1.99. The molecule has 1 atom stereocenters. The second-order valence-corrected chi connectivity index (χ2v) is 5.81. The fourth-order valence-electron chi connectivity index (χ4n) is 1.33. The molecular formula is C10H22BrP. The van der Waals surface area contributed by atoms with Gasteiger partial charge in [0, 0.05) is 0 Å². The lowest BCUT2D eigenvalue weighted by Crippen LogP contribution is -1.80. The summed E-state index contributed by atoms with van der Waals surface area (Å²) in [6.07, 6.45) is 12.9. The fraction of sp³-hybridized carbons (Fsp3) is 1.00. The predicted octanol–water partition coefficient (Wildman–Crippen LogP) is 5.12. The first-order chi connectivity index (χ1) is 5.91. The summed E-state index contributed by atoms with van der Waals surface area (Å²) >= 11 is 3.48. The Labute approximate surface area is 87.4 Å². The second-order valence-electron chi connectivity index (χ2n) is 3.36. The Bertz CT molecular complexity index is 66.2. The molecule has 12 heavy (non-hydrogen) atoms. The van der Waals surface area contributed by atoms with Crippen LogP contribution in [-0.2, 0) is 0 Å². The van der Waals surface area contributed by atoms with Gasteiger partial charge < -0.3 is 0 Å². The minimum Gasteiger partial charge on any atom is -0.0654 e. The molecule has 0 aromatic rings. The van der Waals surface area contributed by atoms with E-state index in [4.69, 9.17) is 0 Å². The minimum atomic E-state index is 0.982. The van der Waals surface area contributed by atoms with Crippen molar-refractivity contribution < 1.29 is 0 Å². The SMILES string of the molecule is CCCCCCCCCCPBr. The van der Waals surface area contributed by atoms with Crippen LogP contribution in [0.3, 0.4) is 0 Å². The fourth-order valence-corrected chi connectivity index (χ4v) is 2.55. The third-order valence-corrected chi connectivity index (χ3v) is 3.86. The molecule has 1 unspecified atom stereocenters. The van der Waals surface area contributed by atoms with E-state index in [1.54, 1.807) is 0 Å². The molecule has 2 heteroatoms. The normalized spacial score (nSPS) is 11.5. The topological polar surface area (TPSA) is 0 Å². The van der Waals surface area contributed by atoms with Gasteiger partial charge in [-0.2, -0.15) is 0 Å². The van der Waals surface area contributed by atoms with Gasteiger partial charge in [-0.1, -0.05) is 74.6 Å². The van der Waals surface area contributed by atoms with Gasteiger partial charge in [0.15, 0.2) is 0 Å². The highest BCUT2D eigenvalue weighted by molar-refractivity contribution is 9.36. The van der Waals surface area contributed by atoms with Gasteiger partial charge >= 0.3 is 0 Å². The smallest absolute Gasteiger partial charge is 0.0255 e. The van der Waals surface area contributed by atoms with Gasteiger partial charge in [0.1, 0.15) is 0 Å². The lowest BCUT2D eigenvalue weighted by molar-refractivity contribution is 0.586. The standard InChI is InChI=1S/C10H22BrP/c1-2-3-4-5-6-7-8-9-10-12-11/h12H,2-10H2,1H3. The average Bonchev–Trinajstić information content (AvgIpc) is 2.10. The van der Waals surface area contributed by atoms with Crippen molar-refractivity contribution in [1.82, 2.24) is 0 Å². The molecule has 0 nitrogen and oxygen atoms in total. The molecule has 0 aromatic heterocycles. The van der Waals surface area contributed by atoms with Crippen molar-refractivity contribution in [1.29, 1.82) is 0 Å². The third-order valence-electron chi connectivity index (χ3n) is 2.12. The first-order valence-corrected chi connectivity index (χ1v) is 8.71. The van der Waals surface area contributed by atoms with Crippen LogP contribution < -0.4 is 0 Å². The van der Waals surface area contributed by atoms with E-state index < -0.39 is 0 Å². The molecule has 0 aliphatic rings. The van der Waals surface area contributed by atoms with Gasteiger partial charge in [-0.3, -0.25) is 0 Å². The molecule has 0 heterocycles. The van der Waals surface area contributed by atoms with Crippen molar-refractivity contribution in [2.75, 3.05) is 6.16 Å². The highest BCUT2D eigenvalue weighted by Crippen LogP contribution is 2.21. The molecule has 0 bridgehead atoms. The Balaban J connectivity index is 2.73. The molecule has 0 aliphatic carbocycles. The number of hydrogen-bond donors (Lipinski definition) is 0. The molecule has 0 amide bonds. The van der Waals surface area contributed by atoms with Gasteiger partial charge in [0.25, 0.3) is 0 Å². The number of unbranched alkanes of at least 4 members (excludes halogenated alkanes) is 7. The average molecular weight is 253 g/mol. The highest BCUT2D eigenvalue weighted by Gasteiger charge is 1.90. The highest BCUT2D eigenvalue weighted by atomic mass is 79.9. The van der Waals surface area contributed by atoms with Crippen LogP contribution in [0.4, 0.5) is 0 Å². The number of rotatable bonds is 9. The molecule has 0 saturated heterocycles. The third kappa shape index (κ3) is 10.9.